The fraction of sp³-hybridized carbons (Fsp3) is 0.368. The van der Waals surface area contributed by atoms with Crippen LogP contribution < -0.4 is 10.6 Å². The summed E-state index contributed by atoms with van der Waals surface area (Å²) in [4.78, 5) is 19.8. The van der Waals surface area contributed by atoms with Gasteiger partial charge in [-0.2, -0.15) is 0 Å². The molecule has 134 valence electrons. The van der Waals surface area contributed by atoms with Crippen LogP contribution in [0.1, 0.15) is 21.7 Å². The maximum atomic E-state index is 11.9. The number of hydrogen-bond acceptors (Lipinski definition) is 3. The molecule has 0 aliphatic heterocycles. The molecule has 25 heavy (non-hydrogen) atoms. The molecule has 2 N–H and O–H groups in total. The molecule has 0 radical (unpaired) electrons. The van der Waals surface area contributed by atoms with E-state index in [1.165, 1.54) is 4.88 Å². The highest BCUT2D eigenvalue weighted by molar-refractivity contribution is 7.09. The number of carbonyl (C=O) groups is 1. The first-order chi connectivity index (χ1) is 12.2. The van der Waals surface area contributed by atoms with Crippen LogP contribution in [0.2, 0.25) is 0 Å². The lowest BCUT2D eigenvalue weighted by Gasteiger charge is -2.21. The normalized spacial score (nSPS) is 11.2. The SMILES string of the molecule is CN=C(NCCCNC(=O)c1ccccc1)N(C)CCc1cccs1. The fourth-order valence-corrected chi connectivity index (χ4v) is 3.10. The van der Waals surface area contributed by atoms with Crippen LogP contribution in [-0.2, 0) is 6.42 Å². The lowest BCUT2D eigenvalue weighted by atomic mass is 10.2. The van der Waals surface area contributed by atoms with Gasteiger partial charge in [-0.05, 0) is 36.4 Å². The van der Waals surface area contributed by atoms with Crippen molar-refractivity contribution in [2.75, 3.05) is 33.7 Å². The number of nitrogens with one attached hydrogen (secondary N) is 2. The van der Waals surface area contributed by atoms with Gasteiger partial charge in [-0.25, -0.2) is 0 Å². The Balaban J connectivity index is 1.63. The van der Waals surface area contributed by atoms with E-state index in [9.17, 15) is 4.79 Å². The van der Waals surface area contributed by atoms with Crippen LogP contribution >= 0.6 is 11.3 Å². The molecule has 0 atom stereocenters. The van der Waals surface area contributed by atoms with Crippen molar-refractivity contribution in [1.29, 1.82) is 0 Å². The zero-order valence-corrected chi connectivity index (χ0v) is 15.7. The number of amides is 1. The molecule has 0 saturated carbocycles. The van der Waals surface area contributed by atoms with Crippen molar-refractivity contribution in [3.8, 4) is 0 Å². The third-order valence-corrected chi connectivity index (χ3v) is 4.74. The largest absolute Gasteiger partial charge is 0.356 e. The van der Waals surface area contributed by atoms with Crippen LogP contribution in [0.3, 0.4) is 0 Å². The molecule has 6 heteroatoms. The van der Waals surface area contributed by atoms with E-state index in [1.54, 1.807) is 18.4 Å². The van der Waals surface area contributed by atoms with Crippen molar-refractivity contribution >= 4 is 23.2 Å². The molecule has 0 saturated heterocycles. The van der Waals surface area contributed by atoms with Crippen LogP contribution in [0.15, 0.2) is 52.8 Å². The fourth-order valence-electron chi connectivity index (χ4n) is 2.41. The van der Waals surface area contributed by atoms with Crippen molar-refractivity contribution in [1.82, 2.24) is 15.5 Å². The Morgan fingerprint density at radius 2 is 1.88 bits per heavy atom. The average molecular weight is 359 g/mol. The summed E-state index contributed by atoms with van der Waals surface area (Å²) in [6, 6.07) is 13.5. The van der Waals surface area contributed by atoms with Crippen molar-refractivity contribution in [3.63, 3.8) is 0 Å². The summed E-state index contributed by atoms with van der Waals surface area (Å²) in [5, 5.41) is 8.38. The molecule has 1 aromatic carbocycles. The minimum atomic E-state index is -0.0296. The monoisotopic (exact) mass is 358 g/mol. The summed E-state index contributed by atoms with van der Waals surface area (Å²) in [5.41, 5.74) is 0.694. The zero-order valence-electron chi connectivity index (χ0n) is 14.9. The van der Waals surface area contributed by atoms with Crippen molar-refractivity contribution in [3.05, 3.63) is 58.3 Å². The van der Waals surface area contributed by atoms with E-state index in [-0.39, 0.29) is 5.91 Å². The zero-order chi connectivity index (χ0) is 17.9. The predicted molar refractivity (Wildman–Crippen MR) is 105 cm³/mol. The topological polar surface area (TPSA) is 56.7 Å². The molecule has 0 aliphatic rings. The number of carbonyl (C=O) groups excluding carboxylic acids is 1. The third kappa shape index (κ3) is 6.58. The number of hydrogen-bond donors (Lipinski definition) is 2. The highest BCUT2D eigenvalue weighted by Crippen LogP contribution is 2.09. The smallest absolute Gasteiger partial charge is 0.251 e. The summed E-state index contributed by atoms with van der Waals surface area (Å²) < 4.78 is 0. The Hall–Kier alpha value is -2.34. The van der Waals surface area contributed by atoms with Gasteiger partial charge in [-0.3, -0.25) is 9.79 Å². The Bertz CT molecular complexity index is 655. The minimum Gasteiger partial charge on any atom is -0.356 e. The van der Waals surface area contributed by atoms with E-state index in [0.717, 1.165) is 31.9 Å². The van der Waals surface area contributed by atoms with Gasteiger partial charge in [0.05, 0.1) is 0 Å². The van der Waals surface area contributed by atoms with Gasteiger partial charge < -0.3 is 15.5 Å². The molecular weight excluding hydrogens is 332 g/mol. The van der Waals surface area contributed by atoms with Gasteiger partial charge in [0, 0.05) is 44.2 Å². The molecule has 1 heterocycles. The minimum absolute atomic E-state index is 0.0296. The molecule has 0 unspecified atom stereocenters. The van der Waals surface area contributed by atoms with E-state index >= 15 is 0 Å². The Kier molecular flexibility index (Phi) is 7.98. The highest BCUT2D eigenvalue weighted by atomic mass is 32.1. The van der Waals surface area contributed by atoms with Gasteiger partial charge in [-0.15, -0.1) is 11.3 Å². The lowest BCUT2D eigenvalue weighted by molar-refractivity contribution is 0.0953. The van der Waals surface area contributed by atoms with Crippen LogP contribution in [0.25, 0.3) is 0 Å². The maximum absolute atomic E-state index is 11.9. The van der Waals surface area contributed by atoms with E-state index in [1.807, 2.05) is 37.4 Å². The Morgan fingerprint density at radius 1 is 1.12 bits per heavy atom. The number of aliphatic imine (C=N–C) groups is 1. The third-order valence-electron chi connectivity index (χ3n) is 3.81. The van der Waals surface area contributed by atoms with Crippen LogP contribution in [0.5, 0.6) is 0 Å². The molecule has 0 aliphatic carbocycles. The molecular formula is C19H26N4OS. The van der Waals surface area contributed by atoms with E-state index in [4.69, 9.17) is 0 Å². The number of nitrogens with zero attached hydrogens (tertiary/aromatic N) is 2. The standard InChI is InChI=1S/C19H26N4OS/c1-20-19(23(2)14-11-17-10-6-15-25-17)22-13-7-12-21-18(24)16-8-4-3-5-9-16/h3-6,8-10,15H,7,11-14H2,1-2H3,(H,20,22)(H,21,24). The number of guanidine groups is 1. The quantitative estimate of drug-likeness (QED) is 0.433. The predicted octanol–water partition coefficient (Wildman–Crippen LogP) is 2.62. The number of thiophene rings is 1. The van der Waals surface area contributed by atoms with E-state index in [0.29, 0.717) is 12.1 Å². The number of rotatable bonds is 8. The second kappa shape index (κ2) is 10.5. The van der Waals surface area contributed by atoms with E-state index < -0.39 is 0 Å². The van der Waals surface area contributed by atoms with Gasteiger partial charge in [0.2, 0.25) is 0 Å². The average Bonchev–Trinajstić information content (AvgIpc) is 3.17. The van der Waals surface area contributed by atoms with Gasteiger partial charge in [0.15, 0.2) is 5.96 Å². The van der Waals surface area contributed by atoms with Crippen molar-refractivity contribution < 1.29 is 4.79 Å². The molecule has 0 spiro atoms. The molecule has 5 nitrogen and oxygen atoms in total. The summed E-state index contributed by atoms with van der Waals surface area (Å²) in [7, 11) is 3.83. The summed E-state index contributed by atoms with van der Waals surface area (Å²) in [6.45, 7) is 2.33. The molecule has 2 rings (SSSR count). The molecule has 1 aromatic heterocycles. The van der Waals surface area contributed by atoms with Crippen LogP contribution in [0, 0.1) is 0 Å². The Labute approximate surface area is 153 Å². The first-order valence-electron chi connectivity index (χ1n) is 8.48. The summed E-state index contributed by atoms with van der Waals surface area (Å²) >= 11 is 1.78. The molecule has 0 fully saturated rings. The van der Waals surface area contributed by atoms with Gasteiger partial charge in [0.25, 0.3) is 5.91 Å². The highest BCUT2D eigenvalue weighted by Gasteiger charge is 2.06. The molecule has 2 aromatic rings. The van der Waals surface area contributed by atoms with Crippen LogP contribution in [0.4, 0.5) is 0 Å². The Morgan fingerprint density at radius 3 is 2.56 bits per heavy atom. The maximum Gasteiger partial charge on any atom is 0.251 e. The first-order valence-corrected chi connectivity index (χ1v) is 9.36. The number of benzene rings is 1. The first kappa shape index (κ1) is 19.0. The molecule has 1 amide bonds. The second-order valence-corrected chi connectivity index (χ2v) is 6.73. The van der Waals surface area contributed by atoms with Gasteiger partial charge in [-0.1, -0.05) is 24.3 Å². The van der Waals surface area contributed by atoms with Crippen molar-refractivity contribution in [2.24, 2.45) is 4.99 Å². The summed E-state index contributed by atoms with van der Waals surface area (Å²) in [6.07, 6.45) is 1.86. The molecule has 0 bridgehead atoms. The van der Waals surface area contributed by atoms with E-state index in [2.05, 4.69) is 38.0 Å². The van der Waals surface area contributed by atoms with Gasteiger partial charge >= 0.3 is 0 Å². The number of likely N-dealkylation sites (N-methyl/N-ethyl adjacent to an activating group) is 1. The lowest BCUT2D eigenvalue weighted by Crippen LogP contribution is -2.41. The summed E-state index contributed by atoms with van der Waals surface area (Å²) in [5.74, 6) is 0.851. The van der Waals surface area contributed by atoms with Crippen molar-refractivity contribution in [2.45, 2.75) is 12.8 Å². The van der Waals surface area contributed by atoms with Crippen LogP contribution in [-0.4, -0.2) is 50.5 Å². The van der Waals surface area contributed by atoms with Gasteiger partial charge in [0.1, 0.15) is 0 Å². The second-order valence-electron chi connectivity index (χ2n) is 5.70.